The number of esters is 2. The molecule has 0 amide bonds. The van der Waals surface area contributed by atoms with Crippen LogP contribution in [0.1, 0.15) is 43.0 Å². The number of rotatable bonds is 8. The topological polar surface area (TPSA) is 52.6 Å². The summed E-state index contributed by atoms with van der Waals surface area (Å²) in [6.45, 7) is 2.11. The molecule has 0 saturated carbocycles. The molecule has 0 spiro atoms. The summed E-state index contributed by atoms with van der Waals surface area (Å²) >= 11 is 0. The fourth-order valence-corrected chi connectivity index (χ4v) is 2.21. The second-order valence-electron chi connectivity index (χ2n) is 5.81. The first-order valence-corrected chi connectivity index (χ1v) is 8.65. The molecule has 0 atom stereocenters. The lowest BCUT2D eigenvalue weighted by atomic mass is 10.2. The van der Waals surface area contributed by atoms with Crippen LogP contribution in [0.25, 0.3) is 0 Å². The summed E-state index contributed by atoms with van der Waals surface area (Å²) in [4.78, 5) is 23.7. The summed E-state index contributed by atoms with van der Waals surface area (Å²) in [7, 11) is 0. The van der Waals surface area contributed by atoms with Crippen molar-refractivity contribution in [2.75, 3.05) is 0 Å². The van der Waals surface area contributed by atoms with Crippen LogP contribution in [-0.4, -0.2) is 11.9 Å². The zero-order valence-corrected chi connectivity index (χ0v) is 14.9. The molecule has 0 aromatic heterocycles. The van der Waals surface area contributed by atoms with E-state index in [0.717, 1.165) is 43.9 Å². The van der Waals surface area contributed by atoms with E-state index in [-0.39, 0.29) is 17.1 Å². The van der Waals surface area contributed by atoms with Crippen molar-refractivity contribution in [3.05, 3.63) is 71.8 Å². The normalized spacial score (nSPS) is 10.8. The van der Waals surface area contributed by atoms with Gasteiger partial charge in [-0.15, -0.1) is 0 Å². The molecule has 0 N–H and O–H groups in total. The van der Waals surface area contributed by atoms with Crippen molar-refractivity contribution < 1.29 is 27.8 Å². The Bertz CT molecular complexity index is 813. The van der Waals surface area contributed by atoms with Crippen LogP contribution in [0.5, 0.6) is 11.5 Å². The Hall–Kier alpha value is -3.02. The highest BCUT2D eigenvalue weighted by Gasteiger charge is 2.11. The fraction of sp³-hybridized carbons (Fsp3) is 0.238. The predicted octanol–water partition coefficient (Wildman–Crippen LogP) is 5.23. The average molecular weight is 374 g/mol. The minimum Gasteiger partial charge on any atom is -0.423 e. The van der Waals surface area contributed by atoms with Gasteiger partial charge in [0.1, 0.15) is 11.5 Å². The number of hydrogen-bond donors (Lipinski definition) is 0. The van der Waals surface area contributed by atoms with Crippen LogP contribution < -0.4 is 9.47 Å². The van der Waals surface area contributed by atoms with Gasteiger partial charge in [0.25, 0.3) is 0 Å². The number of ether oxygens (including phenoxy) is 2. The van der Waals surface area contributed by atoms with Crippen LogP contribution in [0.3, 0.4) is 0 Å². The van der Waals surface area contributed by atoms with Gasteiger partial charge in [0.15, 0.2) is 11.6 Å². The monoisotopic (exact) mass is 374 g/mol. The van der Waals surface area contributed by atoms with Crippen LogP contribution >= 0.6 is 0 Å². The Balaban J connectivity index is 1.89. The van der Waals surface area contributed by atoms with Gasteiger partial charge in [-0.1, -0.05) is 25.8 Å². The van der Waals surface area contributed by atoms with Crippen molar-refractivity contribution in [1.29, 1.82) is 0 Å². The summed E-state index contributed by atoms with van der Waals surface area (Å²) in [6, 6.07) is 8.53. The van der Waals surface area contributed by atoms with E-state index in [9.17, 15) is 18.4 Å². The van der Waals surface area contributed by atoms with E-state index < -0.39 is 23.6 Å². The summed E-state index contributed by atoms with van der Waals surface area (Å²) < 4.78 is 36.1. The number of halogens is 2. The molecule has 0 saturated heterocycles. The minimum absolute atomic E-state index is 0.109. The Morgan fingerprint density at radius 2 is 1.63 bits per heavy atom. The molecule has 27 heavy (non-hydrogen) atoms. The largest absolute Gasteiger partial charge is 0.423 e. The molecule has 0 heterocycles. The highest BCUT2D eigenvalue weighted by molar-refractivity contribution is 5.91. The average Bonchev–Trinajstić information content (AvgIpc) is 2.65. The van der Waals surface area contributed by atoms with Gasteiger partial charge in [-0.25, -0.2) is 18.4 Å². The predicted molar refractivity (Wildman–Crippen MR) is 96.7 cm³/mol. The second-order valence-corrected chi connectivity index (χ2v) is 5.81. The molecule has 0 fully saturated rings. The van der Waals surface area contributed by atoms with Crippen molar-refractivity contribution in [3.63, 3.8) is 0 Å². The first kappa shape index (κ1) is 20.3. The number of unbranched alkanes of at least 4 members (excludes halogenated alkanes) is 3. The van der Waals surface area contributed by atoms with Gasteiger partial charge in [0.2, 0.25) is 0 Å². The molecule has 2 aromatic carbocycles. The van der Waals surface area contributed by atoms with Crippen molar-refractivity contribution in [2.45, 2.75) is 32.6 Å². The molecule has 0 bridgehead atoms. The summed E-state index contributed by atoms with van der Waals surface area (Å²) in [5.41, 5.74) is 0.176. The molecule has 0 unspecified atom stereocenters. The summed E-state index contributed by atoms with van der Waals surface area (Å²) in [6.07, 6.45) is 7.21. The van der Waals surface area contributed by atoms with Crippen molar-refractivity contribution >= 4 is 11.9 Å². The molecule has 4 nitrogen and oxygen atoms in total. The van der Waals surface area contributed by atoms with Gasteiger partial charge in [-0.2, -0.15) is 0 Å². The molecular weight excluding hydrogens is 354 g/mol. The molecule has 6 heteroatoms. The lowest BCUT2D eigenvalue weighted by Crippen LogP contribution is -2.09. The Morgan fingerprint density at radius 3 is 2.30 bits per heavy atom. The van der Waals surface area contributed by atoms with Crippen LogP contribution in [0, 0.1) is 11.6 Å². The Morgan fingerprint density at radius 1 is 0.926 bits per heavy atom. The van der Waals surface area contributed by atoms with E-state index in [4.69, 9.17) is 9.47 Å². The molecule has 0 aliphatic carbocycles. The molecule has 0 aliphatic heterocycles. The minimum atomic E-state index is -1.11. The van der Waals surface area contributed by atoms with Crippen LogP contribution in [0.4, 0.5) is 8.78 Å². The van der Waals surface area contributed by atoms with Crippen molar-refractivity contribution in [3.8, 4) is 11.5 Å². The molecule has 0 radical (unpaired) electrons. The number of carbonyl (C=O) groups is 2. The van der Waals surface area contributed by atoms with E-state index in [0.29, 0.717) is 0 Å². The standard InChI is InChI=1S/C21H20F2O4/c1-2-3-4-5-6-7-20(24)26-16-10-8-15(9-11-16)21(25)27-17-12-13-18(22)19(23)14-17/h6-14H,2-5H2,1H3. The van der Waals surface area contributed by atoms with Gasteiger partial charge in [-0.05, 0) is 49.2 Å². The Kier molecular flexibility index (Phi) is 7.67. The van der Waals surface area contributed by atoms with Crippen LogP contribution in [0.15, 0.2) is 54.6 Å². The maximum Gasteiger partial charge on any atom is 0.343 e. The SMILES string of the molecule is CCCCCC=CC(=O)Oc1ccc(C(=O)Oc2ccc(F)c(F)c2)cc1. The van der Waals surface area contributed by atoms with E-state index in [1.807, 2.05) is 0 Å². The maximum atomic E-state index is 13.1. The summed E-state index contributed by atoms with van der Waals surface area (Å²) in [5, 5.41) is 0. The number of hydrogen-bond acceptors (Lipinski definition) is 4. The highest BCUT2D eigenvalue weighted by atomic mass is 19.2. The number of benzene rings is 2. The summed E-state index contributed by atoms with van der Waals surface area (Å²) in [5.74, 6) is -3.20. The van der Waals surface area contributed by atoms with Gasteiger partial charge in [-0.3, -0.25) is 0 Å². The molecule has 2 aromatic rings. The lowest BCUT2D eigenvalue weighted by Gasteiger charge is -2.06. The highest BCUT2D eigenvalue weighted by Crippen LogP contribution is 2.18. The zero-order valence-electron chi connectivity index (χ0n) is 14.9. The van der Waals surface area contributed by atoms with Crippen molar-refractivity contribution in [2.24, 2.45) is 0 Å². The fourth-order valence-electron chi connectivity index (χ4n) is 2.21. The third-order valence-corrected chi connectivity index (χ3v) is 3.64. The number of carbonyl (C=O) groups excluding carboxylic acids is 2. The van der Waals surface area contributed by atoms with E-state index in [1.165, 1.54) is 30.3 Å². The van der Waals surface area contributed by atoms with Gasteiger partial charge in [0, 0.05) is 12.1 Å². The van der Waals surface area contributed by atoms with Crippen LogP contribution in [-0.2, 0) is 4.79 Å². The van der Waals surface area contributed by atoms with E-state index in [1.54, 1.807) is 6.08 Å². The second kappa shape index (κ2) is 10.2. The lowest BCUT2D eigenvalue weighted by molar-refractivity contribution is -0.129. The van der Waals surface area contributed by atoms with Crippen LogP contribution in [0.2, 0.25) is 0 Å². The van der Waals surface area contributed by atoms with E-state index in [2.05, 4.69) is 6.92 Å². The zero-order chi connectivity index (χ0) is 19.6. The van der Waals surface area contributed by atoms with Gasteiger partial charge in [0.05, 0.1) is 5.56 Å². The molecule has 2 rings (SSSR count). The third kappa shape index (κ3) is 6.66. The Labute approximate surface area is 156 Å². The third-order valence-electron chi connectivity index (χ3n) is 3.64. The van der Waals surface area contributed by atoms with Gasteiger partial charge >= 0.3 is 11.9 Å². The molecular formula is C21H20F2O4. The first-order valence-electron chi connectivity index (χ1n) is 8.65. The quantitative estimate of drug-likeness (QED) is 0.275. The van der Waals surface area contributed by atoms with Crippen molar-refractivity contribution in [1.82, 2.24) is 0 Å². The first-order chi connectivity index (χ1) is 13.0. The maximum absolute atomic E-state index is 13.1. The number of allylic oxidation sites excluding steroid dienone is 1. The van der Waals surface area contributed by atoms with E-state index >= 15 is 0 Å². The molecule has 142 valence electrons. The molecule has 0 aliphatic rings. The smallest absolute Gasteiger partial charge is 0.343 e. The van der Waals surface area contributed by atoms with Gasteiger partial charge < -0.3 is 9.47 Å².